The first-order valence-corrected chi connectivity index (χ1v) is 6.88. The first kappa shape index (κ1) is 15.3. The fourth-order valence-electron chi connectivity index (χ4n) is 1.48. The van der Waals surface area contributed by atoms with Crippen molar-refractivity contribution in [3.05, 3.63) is 57.2 Å². The molecular formula is C13H9ClN2O4S. The van der Waals surface area contributed by atoms with Gasteiger partial charge in [-0.15, -0.1) is 0 Å². The zero-order valence-electron chi connectivity index (χ0n) is 10.8. The van der Waals surface area contributed by atoms with Gasteiger partial charge in [-0.05, 0) is 30.3 Å². The molecule has 0 N–H and O–H groups in total. The number of hydrogen-bond donors (Lipinski definition) is 0. The topological polar surface area (TPSA) is 82.3 Å². The van der Waals surface area contributed by atoms with Crippen LogP contribution < -0.4 is 0 Å². The molecule has 0 saturated carbocycles. The van der Waals surface area contributed by atoms with Crippen molar-refractivity contribution in [3.8, 4) is 0 Å². The van der Waals surface area contributed by atoms with Gasteiger partial charge in [0, 0.05) is 16.0 Å². The predicted molar refractivity (Wildman–Crippen MR) is 77.8 cm³/mol. The minimum atomic E-state index is -0.650. The maximum Gasteiger partial charge on any atom is 0.356 e. The number of carbonyl (C=O) groups excluding carboxylic acids is 1. The lowest BCUT2D eigenvalue weighted by Crippen LogP contribution is -2.06. The number of esters is 1. The van der Waals surface area contributed by atoms with Crippen molar-refractivity contribution in [1.82, 2.24) is 4.98 Å². The standard InChI is InChI=1S/C13H9ClN2O4S/c1-20-13(17)10-6-7-11(16(18)19)12(15-10)21-9-4-2-8(14)3-5-9/h2-7H,1H3. The lowest BCUT2D eigenvalue weighted by Gasteiger charge is -2.04. The molecule has 0 saturated heterocycles. The van der Waals surface area contributed by atoms with Crippen molar-refractivity contribution < 1.29 is 14.5 Å². The number of nitrogens with zero attached hydrogens (tertiary/aromatic N) is 2. The zero-order valence-corrected chi connectivity index (χ0v) is 12.4. The average Bonchev–Trinajstić information content (AvgIpc) is 2.48. The van der Waals surface area contributed by atoms with Crippen LogP contribution in [0.4, 0.5) is 5.69 Å². The highest BCUT2D eigenvalue weighted by molar-refractivity contribution is 7.99. The number of methoxy groups -OCH3 is 1. The molecule has 0 radical (unpaired) electrons. The van der Waals surface area contributed by atoms with E-state index in [1.54, 1.807) is 24.3 Å². The highest BCUT2D eigenvalue weighted by atomic mass is 35.5. The van der Waals surface area contributed by atoms with Crippen molar-refractivity contribution >= 4 is 35.0 Å². The summed E-state index contributed by atoms with van der Waals surface area (Å²) in [6.07, 6.45) is 0. The summed E-state index contributed by atoms with van der Waals surface area (Å²) in [6.45, 7) is 0. The fourth-order valence-corrected chi connectivity index (χ4v) is 2.49. The van der Waals surface area contributed by atoms with Crippen LogP contribution in [0.25, 0.3) is 0 Å². The van der Waals surface area contributed by atoms with E-state index in [-0.39, 0.29) is 16.4 Å². The van der Waals surface area contributed by atoms with Gasteiger partial charge in [0.25, 0.3) is 0 Å². The molecule has 8 heteroatoms. The highest BCUT2D eigenvalue weighted by Crippen LogP contribution is 2.33. The molecule has 0 fully saturated rings. The van der Waals surface area contributed by atoms with E-state index in [0.717, 1.165) is 16.7 Å². The Kier molecular flexibility index (Phi) is 4.77. The van der Waals surface area contributed by atoms with Crippen molar-refractivity contribution in [2.75, 3.05) is 7.11 Å². The fraction of sp³-hybridized carbons (Fsp3) is 0.0769. The Morgan fingerprint density at radius 3 is 2.52 bits per heavy atom. The van der Waals surface area contributed by atoms with Gasteiger partial charge < -0.3 is 4.74 Å². The van der Waals surface area contributed by atoms with Gasteiger partial charge in [0.1, 0.15) is 5.69 Å². The van der Waals surface area contributed by atoms with Crippen LogP contribution >= 0.6 is 23.4 Å². The molecule has 0 aliphatic carbocycles. The third kappa shape index (κ3) is 3.71. The summed E-state index contributed by atoms with van der Waals surface area (Å²) in [5.74, 6) is -0.650. The smallest absolute Gasteiger partial charge is 0.356 e. The van der Waals surface area contributed by atoms with E-state index in [1.807, 2.05) is 0 Å². The van der Waals surface area contributed by atoms with Crippen LogP contribution in [-0.2, 0) is 4.74 Å². The van der Waals surface area contributed by atoms with Crippen LogP contribution in [0, 0.1) is 10.1 Å². The Morgan fingerprint density at radius 1 is 1.29 bits per heavy atom. The molecular weight excluding hydrogens is 316 g/mol. The molecule has 2 aromatic rings. The first-order valence-electron chi connectivity index (χ1n) is 5.68. The lowest BCUT2D eigenvalue weighted by molar-refractivity contribution is -0.388. The number of nitro groups is 1. The van der Waals surface area contributed by atoms with E-state index in [9.17, 15) is 14.9 Å². The van der Waals surface area contributed by atoms with Crippen LogP contribution in [0.3, 0.4) is 0 Å². The van der Waals surface area contributed by atoms with Crippen LogP contribution in [0.5, 0.6) is 0 Å². The molecule has 1 heterocycles. The van der Waals surface area contributed by atoms with Gasteiger partial charge in [-0.3, -0.25) is 10.1 Å². The average molecular weight is 325 g/mol. The van der Waals surface area contributed by atoms with Crippen LogP contribution in [0.1, 0.15) is 10.5 Å². The zero-order chi connectivity index (χ0) is 15.4. The Balaban J connectivity index is 2.40. The first-order chi connectivity index (χ1) is 10.0. The molecule has 0 spiro atoms. The molecule has 0 unspecified atom stereocenters. The van der Waals surface area contributed by atoms with Crippen molar-refractivity contribution in [3.63, 3.8) is 0 Å². The van der Waals surface area contributed by atoms with Gasteiger partial charge >= 0.3 is 11.7 Å². The second kappa shape index (κ2) is 6.55. The number of rotatable bonds is 4. The third-order valence-corrected chi connectivity index (χ3v) is 3.71. The summed E-state index contributed by atoms with van der Waals surface area (Å²) in [7, 11) is 1.22. The summed E-state index contributed by atoms with van der Waals surface area (Å²) in [6, 6.07) is 9.25. The molecule has 108 valence electrons. The number of aromatic nitrogens is 1. The van der Waals surface area contributed by atoms with E-state index >= 15 is 0 Å². The summed E-state index contributed by atoms with van der Waals surface area (Å²) < 4.78 is 4.56. The Hall–Kier alpha value is -2.12. The predicted octanol–water partition coefficient (Wildman–Crippen LogP) is 3.58. The van der Waals surface area contributed by atoms with Crippen molar-refractivity contribution in [2.24, 2.45) is 0 Å². The summed E-state index contributed by atoms with van der Waals surface area (Å²) in [4.78, 5) is 26.7. The normalized spacial score (nSPS) is 10.2. The molecule has 0 aliphatic rings. The van der Waals surface area contributed by atoms with Crippen LogP contribution in [-0.4, -0.2) is 23.0 Å². The minimum absolute atomic E-state index is 0.0135. The van der Waals surface area contributed by atoms with Gasteiger partial charge in [0.15, 0.2) is 5.03 Å². The third-order valence-electron chi connectivity index (χ3n) is 2.46. The van der Waals surface area contributed by atoms with E-state index in [4.69, 9.17) is 11.6 Å². The molecule has 2 rings (SSSR count). The summed E-state index contributed by atoms with van der Waals surface area (Å²) in [5.41, 5.74) is -0.165. The van der Waals surface area contributed by atoms with Gasteiger partial charge in [-0.2, -0.15) is 0 Å². The SMILES string of the molecule is COC(=O)c1ccc([N+](=O)[O-])c(Sc2ccc(Cl)cc2)n1. The van der Waals surface area contributed by atoms with E-state index in [0.29, 0.717) is 5.02 Å². The maximum atomic E-state index is 11.5. The van der Waals surface area contributed by atoms with Crippen molar-refractivity contribution in [2.45, 2.75) is 9.92 Å². The number of carbonyl (C=O) groups is 1. The van der Waals surface area contributed by atoms with Crippen LogP contribution in [0.2, 0.25) is 5.02 Å². The monoisotopic (exact) mass is 324 g/mol. The molecule has 0 amide bonds. The van der Waals surface area contributed by atoms with Crippen molar-refractivity contribution in [1.29, 1.82) is 0 Å². The Bertz CT molecular complexity index is 691. The van der Waals surface area contributed by atoms with Gasteiger partial charge in [-0.1, -0.05) is 23.4 Å². The maximum absolute atomic E-state index is 11.5. The van der Waals surface area contributed by atoms with E-state index in [2.05, 4.69) is 9.72 Å². The number of ether oxygens (including phenoxy) is 1. The van der Waals surface area contributed by atoms with E-state index < -0.39 is 10.9 Å². The molecule has 0 aliphatic heterocycles. The van der Waals surface area contributed by atoms with Gasteiger partial charge in [-0.25, -0.2) is 9.78 Å². The molecule has 1 aromatic carbocycles. The Morgan fingerprint density at radius 2 is 1.95 bits per heavy atom. The van der Waals surface area contributed by atoms with Crippen LogP contribution in [0.15, 0.2) is 46.3 Å². The number of halogens is 1. The lowest BCUT2D eigenvalue weighted by atomic mass is 10.3. The molecule has 0 atom stereocenters. The van der Waals surface area contributed by atoms with Gasteiger partial charge in [0.05, 0.1) is 12.0 Å². The Labute approximate surface area is 129 Å². The van der Waals surface area contributed by atoms with E-state index in [1.165, 1.54) is 19.2 Å². The molecule has 1 aromatic heterocycles. The highest BCUT2D eigenvalue weighted by Gasteiger charge is 2.20. The molecule has 21 heavy (non-hydrogen) atoms. The summed E-state index contributed by atoms with van der Waals surface area (Å²) >= 11 is 6.86. The molecule has 0 bridgehead atoms. The number of benzene rings is 1. The largest absolute Gasteiger partial charge is 0.464 e. The quantitative estimate of drug-likeness (QED) is 0.485. The second-order valence-corrected chi connectivity index (χ2v) is 5.32. The number of pyridine rings is 1. The second-order valence-electron chi connectivity index (χ2n) is 3.83. The molecule has 6 nitrogen and oxygen atoms in total. The minimum Gasteiger partial charge on any atom is -0.464 e. The van der Waals surface area contributed by atoms with Gasteiger partial charge in [0.2, 0.25) is 0 Å². The number of hydrogen-bond acceptors (Lipinski definition) is 6. The summed E-state index contributed by atoms with van der Waals surface area (Å²) in [5, 5.41) is 11.7.